The zero-order chi connectivity index (χ0) is 18.9. The molecule has 2 aromatic carbocycles. The van der Waals surface area contributed by atoms with E-state index in [9.17, 15) is 13.2 Å². The minimum Gasteiger partial charge on any atom is -0.372 e. The van der Waals surface area contributed by atoms with Crippen LogP contribution in [0.1, 0.15) is 24.8 Å². The van der Waals surface area contributed by atoms with Crippen LogP contribution >= 0.6 is 0 Å². The third kappa shape index (κ3) is 3.67. The zero-order valence-corrected chi connectivity index (χ0v) is 14.5. The molecule has 1 fully saturated rings. The number of piperidine rings is 1. The van der Waals surface area contributed by atoms with Crippen LogP contribution < -0.4 is 4.90 Å². The summed E-state index contributed by atoms with van der Waals surface area (Å²) < 4.78 is 44.8. The number of anilines is 1. The van der Waals surface area contributed by atoms with Crippen molar-refractivity contribution in [3.63, 3.8) is 0 Å². The van der Waals surface area contributed by atoms with Crippen molar-refractivity contribution in [2.24, 2.45) is 0 Å². The normalized spacial score (nSPS) is 15.1. The van der Waals surface area contributed by atoms with Gasteiger partial charge in [0, 0.05) is 29.9 Å². The van der Waals surface area contributed by atoms with Crippen LogP contribution in [-0.4, -0.2) is 23.2 Å². The number of hydrogen-bond donors (Lipinski definition) is 0. The van der Waals surface area contributed by atoms with E-state index in [0.29, 0.717) is 5.56 Å². The van der Waals surface area contributed by atoms with Crippen LogP contribution in [0, 0.1) is 0 Å². The van der Waals surface area contributed by atoms with Crippen LogP contribution in [0.15, 0.2) is 53.1 Å². The highest BCUT2D eigenvalue weighted by molar-refractivity contribution is 5.65. The number of benzene rings is 2. The first-order valence-corrected chi connectivity index (χ1v) is 8.88. The fourth-order valence-corrected chi connectivity index (χ4v) is 3.34. The highest BCUT2D eigenvalue weighted by Gasteiger charge is 2.34. The van der Waals surface area contributed by atoms with Gasteiger partial charge in [0.2, 0.25) is 5.82 Å². The molecule has 27 heavy (non-hydrogen) atoms. The lowest BCUT2D eigenvalue weighted by Gasteiger charge is -2.28. The Morgan fingerprint density at radius 3 is 2.30 bits per heavy atom. The maximum absolute atomic E-state index is 13.2. The van der Waals surface area contributed by atoms with Crippen LogP contribution in [0.2, 0.25) is 0 Å². The number of hydrogen-bond acceptors (Lipinski definition) is 4. The second-order valence-corrected chi connectivity index (χ2v) is 6.56. The largest absolute Gasteiger partial charge is 0.417 e. The van der Waals surface area contributed by atoms with Gasteiger partial charge in [-0.15, -0.1) is 0 Å². The Balaban J connectivity index is 1.60. The maximum Gasteiger partial charge on any atom is 0.417 e. The average molecular weight is 373 g/mol. The standard InChI is InChI=1S/C20H18F3N3O/c21-20(22,23)17-7-3-2-6-16(17)18-24-19(27-25-18)14-8-10-15(11-9-14)26-12-4-1-5-13-26/h2-3,6-11H,1,4-5,12-13H2. The number of halogens is 3. The molecule has 7 heteroatoms. The van der Waals surface area contributed by atoms with Crippen molar-refractivity contribution in [2.45, 2.75) is 25.4 Å². The summed E-state index contributed by atoms with van der Waals surface area (Å²) >= 11 is 0. The molecule has 4 rings (SSSR count). The molecule has 0 N–H and O–H groups in total. The van der Waals surface area contributed by atoms with Gasteiger partial charge in [-0.3, -0.25) is 0 Å². The third-order valence-corrected chi connectivity index (χ3v) is 4.73. The molecule has 4 nitrogen and oxygen atoms in total. The fraction of sp³-hybridized carbons (Fsp3) is 0.300. The second-order valence-electron chi connectivity index (χ2n) is 6.56. The van der Waals surface area contributed by atoms with Crippen molar-refractivity contribution in [3.05, 3.63) is 54.1 Å². The van der Waals surface area contributed by atoms with E-state index in [1.807, 2.05) is 24.3 Å². The van der Waals surface area contributed by atoms with Gasteiger partial charge >= 0.3 is 6.18 Å². The Hall–Kier alpha value is -2.83. The molecule has 0 amide bonds. The molecule has 0 saturated carbocycles. The molecule has 1 aliphatic heterocycles. The summed E-state index contributed by atoms with van der Waals surface area (Å²) in [6, 6.07) is 12.9. The monoisotopic (exact) mass is 373 g/mol. The van der Waals surface area contributed by atoms with E-state index >= 15 is 0 Å². The van der Waals surface area contributed by atoms with E-state index in [-0.39, 0.29) is 17.3 Å². The molecule has 140 valence electrons. The van der Waals surface area contributed by atoms with Gasteiger partial charge in [0.1, 0.15) is 0 Å². The predicted molar refractivity (Wildman–Crippen MR) is 96.2 cm³/mol. The van der Waals surface area contributed by atoms with Gasteiger partial charge in [-0.2, -0.15) is 18.2 Å². The van der Waals surface area contributed by atoms with E-state index in [2.05, 4.69) is 15.0 Å². The van der Waals surface area contributed by atoms with Crippen molar-refractivity contribution in [1.29, 1.82) is 0 Å². The van der Waals surface area contributed by atoms with Crippen molar-refractivity contribution < 1.29 is 17.7 Å². The van der Waals surface area contributed by atoms with Gasteiger partial charge in [0.05, 0.1) is 5.56 Å². The molecule has 3 aromatic rings. The minimum absolute atomic E-state index is 0.0713. The van der Waals surface area contributed by atoms with Gasteiger partial charge < -0.3 is 9.42 Å². The number of rotatable bonds is 3. The Labute approximate surface area is 154 Å². The predicted octanol–water partition coefficient (Wildman–Crippen LogP) is 5.41. The van der Waals surface area contributed by atoms with E-state index in [1.54, 1.807) is 0 Å². The molecule has 1 aromatic heterocycles. The quantitative estimate of drug-likeness (QED) is 0.615. The van der Waals surface area contributed by atoms with Crippen LogP contribution in [-0.2, 0) is 6.18 Å². The summed E-state index contributed by atoms with van der Waals surface area (Å²) in [5, 5.41) is 3.75. The molecular weight excluding hydrogens is 355 g/mol. The van der Waals surface area contributed by atoms with E-state index in [1.165, 1.54) is 37.5 Å². The van der Waals surface area contributed by atoms with Gasteiger partial charge in [0.15, 0.2) is 0 Å². The molecule has 2 heterocycles. The van der Waals surface area contributed by atoms with Crippen molar-refractivity contribution >= 4 is 5.69 Å². The summed E-state index contributed by atoms with van der Waals surface area (Å²) in [4.78, 5) is 6.50. The first-order chi connectivity index (χ1) is 13.0. The topological polar surface area (TPSA) is 42.2 Å². The molecular formula is C20H18F3N3O. The van der Waals surface area contributed by atoms with Crippen LogP contribution in [0.5, 0.6) is 0 Å². The first kappa shape index (κ1) is 17.6. The lowest BCUT2D eigenvalue weighted by molar-refractivity contribution is -0.137. The fourth-order valence-electron chi connectivity index (χ4n) is 3.34. The SMILES string of the molecule is FC(F)(F)c1ccccc1-c1noc(-c2ccc(N3CCCCC3)cc2)n1. The van der Waals surface area contributed by atoms with Gasteiger partial charge in [-0.1, -0.05) is 23.4 Å². The van der Waals surface area contributed by atoms with Crippen molar-refractivity contribution in [3.8, 4) is 22.8 Å². The molecule has 0 bridgehead atoms. The zero-order valence-electron chi connectivity index (χ0n) is 14.5. The molecule has 0 aliphatic carbocycles. The van der Waals surface area contributed by atoms with Gasteiger partial charge in [0.25, 0.3) is 5.89 Å². The molecule has 1 saturated heterocycles. The summed E-state index contributed by atoms with van der Waals surface area (Å²) in [6.07, 6.45) is -0.840. The van der Waals surface area contributed by atoms with E-state index in [4.69, 9.17) is 4.52 Å². The average Bonchev–Trinajstić information content (AvgIpc) is 3.18. The minimum atomic E-state index is -4.48. The molecule has 0 unspecified atom stereocenters. The third-order valence-electron chi connectivity index (χ3n) is 4.73. The Bertz CT molecular complexity index is 913. The Morgan fingerprint density at radius 2 is 1.59 bits per heavy atom. The van der Waals surface area contributed by atoms with E-state index < -0.39 is 11.7 Å². The highest BCUT2D eigenvalue weighted by atomic mass is 19.4. The Kier molecular flexibility index (Phi) is 4.59. The van der Waals surface area contributed by atoms with Crippen molar-refractivity contribution in [2.75, 3.05) is 18.0 Å². The van der Waals surface area contributed by atoms with E-state index in [0.717, 1.165) is 24.8 Å². The lowest BCUT2D eigenvalue weighted by Crippen LogP contribution is -2.29. The molecule has 0 radical (unpaired) electrons. The summed E-state index contributed by atoms with van der Waals surface area (Å²) in [5.74, 6) is 0.130. The molecule has 1 aliphatic rings. The second kappa shape index (κ2) is 7.06. The van der Waals surface area contributed by atoms with Crippen LogP contribution in [0.25, 0.3) is 22.8 Å². The van der Waals surface area contributed by atoms with Crippen LogP contribution in [0.3, 0.4) is 0 Å². The summed E-state index contributed by atoms with van der Waals surface area (Å²) in [5.41, 5.74) is 0.933. The molecule has 0 spiro atoms. The lowest BCUT2D eigenvalue weighted by atomic mass is 10.1. The number of nitrogens with zero attached hydrogens (tertiary/aromatic N) is 3. The molecule has 0 atom stereocenters. The number of alkyl halides is 3. The van der Waals surface area contributed by atoms with Gasteiger partial charge in [-0.05, 0) is 49.6 Å². The van der Waals surface area contributed by atoms with Crippen molar-refractivity contribution in [1.82, 2.24) is 10.1 Å². The summed E-state index contributed by atoms with van der Waals surface area (Å²) in [6.45, 7) is 2.08. The summed E-state index contributed by atoms with van der Waals surface area (Å²) in [7, 11) is 0. The van der Waals surface area contributed by atoms with Crippen LogP contribution in [0.4, 0.5) is 18.9 Å². The highest BCUT2D eigenvalue weighted by Crippen LogP contribution is 2.36. The maximum atomic E-state index is 13.2. The Morgan fingerprint density at radius 1 is 0.889 bits per heavy atom. The smallest absolute Gasteiger partial charge is 0.372 e. The first-order valence-electron chi connectivity index (χ1n) is 8.88. The van der Waals surface area contributed by atoms with Gasteiger partial charge in [-0.25, -0.2) is 0 Å². The number of aromatic nitrogens is 2.